The summed E-state index contributed by atoms with van der Waals surface area (Å²) in [5.74, 6) is 1.04. The lowest BCUT2D eigenvalue weighted by atomic mass is 9.57. The summed E-state index contributed by atoms with van der Waals surface area (Å²) in [4.78, 5) is 0. The Morgan fingerprint density at radius 2 is 1.68 bits per heavy atom. The van der Waals surface area contributed by atoms with Gasteiger partial charge in [-0.1, -0.05) is 64.5 Å². The van der Waals surface area contributed by atoms with Crippen LogP contribution in [-0.4, -0.2) is 13.2 Å². The molecular formula is C22H33FO2. The summed E-state index contributed by atoms with van der Waals surface area (Å²) in [7, 11) is 0. The second-order valence-corrected chi connectivity index (χ2v) is 7.93. The predicted molar refractivity (Wildman–Crippen MR) is 98.7 cm³/mol. The zero-order chi connectivity index (χ0) is 17.7. The van der Waals surface area contributed by atoms with Crippen LogP contribution in [0.4, 0.5) is 4.39 Å². The third-order valence-electron chi connectivity index (χ3n) is 6.58. The van der Waals surface area contributed by atoms with Crippen molar-refractivity contribution in [3.63, 3.8) is 0 Å². The van der Waals surface area contributed by atoms with Crippen LogP contribution in [0.1, 0.15) is 77.1 Å². The van der Waals surface area contributed by atoms with E-state index in [0.717, 1.165) is 24.7 Å². The lowest BCUT2D eigenvalue weighted by Crippen LogP contribution is -2.46. The highest BCUT2D eigenvalue weighted by atomic mass is 19.1. The van der Waals surface area contributed by atoms with Gasteiger partial charge in [-0.15, -0.1) is 0 Å². The first kappa shape index (κ1) is 18.8. The van der Waals surface area contributed by atoms with Crippen LogP contribution >= 0.6 is 0 Å². The standard InChI is InChI=1S/C22H33FO2/c1-3-8-18(4-2)22(13-6-5-7-14-22)19-15-24-21(25-16-19)17-9-11-20(23)12-10-17/h9-12,18-19,21H,3-8,13-16H2,1-2H3. The average molecular weight is 349 g/mol. The molecule has 1 unspecified atom stereocenters. The Balaban J connectivity index is 1.70. The Morgan fingerprint density at radius 1 is 1.04 bits per heavy atom. The summed E-state index contributed by atoms with van der Waals surface area (Å²) in [6.07, 6.45) is 10.2. The molecule has 1 saturated heterocycles. The van der Waals surface area contributed by atoms with Gasteiger partial charge in [0.15, 0.2) is 6.29 Å². The van der Waals surface area contributed by atoms with Gasteiger partial charge in [-0.25, -0.2) is 4.39 Å². The molecule has 0 aromatic heterocycles. The molecule has 1 saturated carbocycles. The fourth-order valence-electron chi connectivity index (χ4n) is 5.25. The van der Waals surface area contributed by atoms with Crippen LogP contribution in [0.2, 0.25) is 0 Å². The van der Waals surface area contributed by atoms with Crippen molar-refractivity contribution in [3.8, 4) is 0 Å². The van der Waals surface area contributed by atoms with E-state index in [9.17, 15) is 4.39 Å². The van der Waals surface area contributed by atoms with E-state index < -0.39 is 0 Å². The molecule has 2 fully saturated rings. The number of hydrogen-bond acceptors (Lipinski definition) is 2. The smallest absolute Gasteiger partial charge is 0.183 e. The number of benzene rings is 1. The molecule has 3 rings (SSSR count). The molecule has 0 amide bonds. The normalized spacial score (nSPS) is 27.8. The minimum atomic E-state index is -0.344. The van der Waals surface area contributed by atoms with Crippen LogP contribution < -0.4 is 0 Å². The largest absolute Gasteiger partial charge is 0.348 e. The van der Waals surface area contributed by atoms with Gasteiger partial charge >= 0.3 is 0 Å². The Hall–Kier alpha value is -0.930. The summed E-state index contributed by atoms with van der Waals surface area (Å²) < 4.78 is 25.4. The zero-order valence-electron chi connectivity index (χ0n) is 15.8. The van der Waals surface area contributed by atoms with Crippen molar-refractivity contribution in [1.82, 2.24) is 0 Å². The molecule has 1 aliphatic carbocycles. The van der Waals surface area contributed by atoms with Gasteiger partial charge in [0.05, 0.1) is 13.2 Å². The third kappa shape index (κ3) is 4.09. The van der Waals surface area contributed by atoms with E-state index in [0.29, 0.717) is 11.3 Å². The van der Waals surface area contributed by atoms with Crippen molar-refractivity contribution >= 4 is 0 Å². The molecule has 2 nitrogen and oxygen atoms in total. The van der Waals surface area contributed by atoms with Crippen LogP contribution in [0.25, 0.3) is 0 Å². The van der Waals surface area contributed by atoms with E-state index in [1.54, 1.807) is 12.1 Å². The van der Waals surface area contributed by atoms with Crippen molar-refractivity contribution in [3.05, 3.63) is 35.6 Å². The maximum atomic E-state index is 13.1. The van der Waals surface area contributed by atoms with Crippen LogP contribution in [0.15, 0.2) is 24.3 Å². The molecule has 2 aliphatic rings. The molecular weight excluding hydrogens is 315 g/mol. The van der Waals surface area contributed by atoms with Gasteiger partial charge < -0.3 is 9.47 Å². The molecule has 140 valence electrons. The summed E-state index contributed by atoms with van der Waals surface area (Å²) >= 11 is 0. The van der Waals surface area contributed by atoms with Crippen molar-refractivity contribution in [2.24, 2.45) is 17.3 Å². The molecule has 0 spiro atoms. The lowest BCUT2D eigenvalue weighted by molar-refractivity contribution is -0.233. The predicted octanol–water partition coefficient (Wildman–Crippen LogP) is 6.26. The molecule has 0 N–H and O–H groups in total. The Kier molecular flexibility index (Phi) is 6.51. The molecule has 1 aliphatic heterocycles. The first-order valence-corrected chi connectivity index (χ1v) is 10.2. The van der Waals surface area contributed by atoms with E-state index in [4.69, 9.17) is 9.47 Å². The molecule has 1 aromatic carbocycles. The average Bonchev–Trinajstić information content (AvgIpc) is 2.67. The Bertz CT molecular complexity index is 513. The van der Waals surface area contributed by atoms with Crippen molar-refractivity contribution in [2.75, 3.05) is 13.2 Å². The van der Waals surface area contributed by atoms with E-state index in [1.165, 1.54) is 63.5 Å². The van der Waals surface area contributed by atoms with Crippen LogP contribution in [0.3, 0.4) is 0 Å². The maximum absolute atomic E-state index is 13.1. The van der Waals surface area contributed by atoms with Gasteiger partial charge in [0.2, 0.25) is 0 Å². The minimum Gasteiger partial charge on any atom is -0.348 e. The van der Waals surface area contributed by atoms with E-state index in [1.807, 2.05) is 0 Å². The third-order valence-corrected chi connectivity index (χ3v) is 6.58. The number of ether oxygens (including phenoxy) is 2. The van der Waals surface area contributed by atoms with E-state index >= 15 is 0 Å². The molecule has 1 atom stereocenters. The summed E-state index contributed by atoms with van der Waals surface area (Å²) in [6, 6.07) is 6.49. The minimum absolute atomic E-state index is 0.219. The van der Waals surface area contributed by atoms with Crippen LogP contribution in [0, 0.1) is 23.1 Å². The Labute approximate surface area is 152 Å². The molecule has 0 bridgehead atoms. The molecule has 1 heterocycles. The number of hydrogen-bond donors (Lipinski definition) is 0. The van der Waals surface area contributed by atoms with Crippen molar-refractivity contribution in [1.29, 1.82) is 0 Å². The fraction of sp³-hybridized carbons (Fsp3) is 0.727. The first-order chi connectivity index (χ1) is 12.2. The number of halogens is 1. The molecule has 25 heavy (non-hydrogen) atoms. The first-order valence-electron chi connectivity index (χ1n) is 10.2. The maximum Gasteiger partial charge on any atom is 0.183 e. The second kappa shape index (κ2) is 8.64. The summed E-state index contributed by atoms with van der Waals surface area (Å²) in [5, 5.41) is 0. The van der Waals surface area contributed by atoms with Crippen LogP contribution in [0.5, 0.6) is 0 Å². The molecule has 0 radical (unpaired) electrons. The molecule has 3 heteroatoms. The van der Waals surface area contributed by atoms with Gasteiger partial charge in [-0.05, 0) is 36.3 Å². The SMILES string of the molecule is CCCC(CC)C1(C2COC(c3ccc(F)cc3)OC2)CCCCC1. The van der Waals surface area contributed by atoms with Gasteiger partial charge in [0.1, 0.15) is 5.82 Å². The topological polar surface area (TPSA) is 18.5 Å². The zero-order valence-corrected chi connectivity index (χ0v) is 15.8. The Morgan fingerprint density at radius 3 is 2.24 bits per heavy atom. The molecule has 1 aromatic rings. The second-order valence-electron chi connectivity index (χ2n) is 7.93. The van der Waals surface area contributed by atoms with Gasteiger partial charge in [0, 0.05) is 11.5 Å². The van der Waals surface area contributed by atoms with E-state index in [-0.39, 0.29) is 12.1 Å². The lowest BCUT2D eigenvalue weighted by Gasteiger charge is -2.51. The van der Waals surface area contributed by atoms with E-state index in [2.05, 4.69) is 13.8 Å². The van der Waals surface area contributed by atoms with Crippen molar-refractivity contribution in [2.45, 2.75) is 71.5 Å². The fourth-order valence-corrected chi connectivity index (χ4v) is 5.25. The summed E-state index contributed by atoms with van der Waals surface area (Å²) in [6.45, 7) is 6.19. The van der Waals surface area contributed by atoms with Crippen LogP contribution in [-0.2, 0) is 9.47 Å². The highest BCUT2D eigenvalue weighted by molar-refractivity contribution is 5.17. The van der Waals surface area contributed by atoms with Gasteiger partial charge in [-0.3, -0.25) is 0 Å². The van der Waals surface area contributed by atoms with Gasteiger partial charge in [0.25, 0.3) is 0 Å². The summed E-state index contributed by atoms with van der Waals surface area (Å²) in [5.41, 5.74) is 1.30. The highest BCUT2D eigenvalue weighted by Crippen LogP contribution is 2.52. The van der Waals surface area contributed by atoms with Gasteiger partial charge in [-0.2, -0.15) is 0 Å². The quantitative estimate of drug-likeness (QED) is 0.603. The van der Waals surface area contributed by atoms with Crippen molar-refractivity contribution < 1.29 is 13.9 Å². The monoisotopic (exact) mass is 348 g/mol. The highest BCUT2D eigenvalue weighted by Gasteiger charge is 2.46. The number of rotatable bonds is 6.